The van der Waals surface area contributed by atoms with Crippen LogP contribution < -0.4 is 4.74 Å². The minimum atomic E-state index is 0.0401. The molecule has 1 atom stereocenters. The highest BCUT2D eigenvalue weighted by Crippen LogP contribution is 2.28. The van der Waals surface area contributed by atoms with Crippen LogP contribution in [0.2, 0.25) is 0 Å². The summed E-state index contributed by atoms with van der Waals surface area (Å²) in [4.78, 5) is 14.4. The molecule has 120 valence electrons. The van der Waals surface area contributed by atoms with E-state index in [4.69, 9.17) is 4.74 Å². The lowest BCUT2D eigenvalue weighted by atomic mass is 10.0. The summed E-state index contributed by atoms with van der Waals surface area (Å²) in [6, 6.07) is 3.75. The van der Waals surface area contributed by atoms with Gasteiger partial charge in [-0.3, -0.25) is 4.79 Å². The van der Waals surface area contributed by atoms with E-state index in [0.29, 0.717) is 24.2 Å². The van der Waals surface area contributed by atoms with Crippen molar-refractivity contribution in [2.45, 2.75) is 58.0 Å². The Balaban J connectivity index is 1.52. The zero-order chi connectivity index (χ0) is 15.4. The molecule has 22 heavy (non-hydrogen) atoms. The number of amides is 1. The van der Waals surface area contributed by atoms with E-state index in [1.54, 1.807) is 0 Å². The molecule has 2 fully saturated rings. The molecule has 0 aromatic carbocycles. The lowest BCUT2D eigenvalue weighted by Gasteiger charge is -2.33. The number of carbonyl (C=O) groups is 1. The largest absolute Gasteiger partial charge is 0.471 e. The molecule has 0 bridgehead atoms. The van der Waals surface area contributed by atoms with Crippen LogP contribution in [-0.4, -0.2) is 40.2 Å². The van der Waals surface area contributed by atoms with E-state index >= 15 is 0 Å². The van der Waals surface area contributed by atoms with Gasteiger partial charge in [-0.2, -0.15) is 5.10 Å². The lowest BCUT2D eigenvalue weighted by molar-refractivity contribution is -0.134. The van der Waals surface area contributed by atoms with Crippen molar-refractivity contribution < 1.29 is 9.53 Å². The molecule has 0 radical (unpaired) electrons. The van der Waals surface area contributed by atoms with Crippen LogP contribution in [0, 0.1) is 12.8 Å². The van der Waals surface area contributed by atoms with Gasteiger partial charge in [0, 0.05) is 19.0 Å². The highest BCUT2D eigenvalue weighted by molar-refractivity contribution is 5.76. The summed E-state index contributed by atoms with van der Waals surface area (Å²) < 4.78 is 5.89. The maximum Gasteiger partial charge on any atom is 0.233 e. The number of hydrogen-bond acceptors (Lipinski definition) is 4. The van der Waals surface area contributed by atoms with Gasteiger partial charge in [0.05, 0.1) is 12.2 Å². The number of aryl methyl sites for hydroxylation is 1. The van der Waals surface area contributed by atoms with Gasteiger partial charge in [-0.1, -0.05) is 12.8 Å². The van der Waals surface area contributed by atoms with Crippen LogP contribution in [0.15, 0.2) is 12.1 Å². The number of hydrogen-bond donors (Lipinski definition) is 0. The fourth-order valence-electron chi connectivity index (χ4n) is 3.47. The van der Waals surface area contributed by atoms with Crippen molar-refractivity contribution in [2.75, 3.05) is 13.1 Å². The van der Waals surface area contributed by atoms with E-state index in [2.05, 4.69) is 10.2 Å². The second-order valence-electron chi connectivity index (χ2n) is 6.59. The zero-order valence-corrected chi connectivity index (χ0v) is 13.3. The minimum Gasteiger partial charge on any atom is -0.471 e. The predicted molar refractivity (Wildman–Crippen MR) is 83.6 cm³/mol. The lowest BCUT2D eigenvalue weighted by Crippen LogP contribution is -2.44. The molecule has 2 aliphatic rings. The first kappa shape index (κ1) is 15.3. The van der Waals surface area contributed by atoms with Gasteiger partial charge in [-0.05, 0) is 44.6 Å². The van der Waals surface area contributed by atoms with E-state index in [0.717, 1.165) is 31.5 Å². The van der Waals surface area contributed by atoms with Crippen molar-refractivity contribution in [2.24, 2.45) is 5.92 Å². The molecule has 3 rings (SSSR count). The van der Waals surface area contributed by atoms with E-state index in [1.807, 2.05) is 24.0 Å². The molecular weight excluding hydrogens is 278 g/mol. The van der Waals surface area contributed by atoms with Crippen molar-refractivity contribution in [1.29, 1.82) is 0 Å². The highest BCUT2D eigenvalue weighted by atomic mass is 16.5. The quantitative estimate of drug-likeness (QED) is 0.858. The van der Waals surface area contributed by atoms with Crippen LogP contribution in [0.25, 0.3) is 0 Å². The Bertz CT molecular complexity index is 497. The molecule has 2 heterocycles. The van der Waals surface area contributed by atoms with E-state index < -0.39 is 0 Å². The second-order valence-corrected chi connectivity index (χ2v) is 6.59. The van der Waals surface area contributed by atoms with Crippen LogP contribution >= 0.6 is 0 Å². The number of carbonyl (C=O) groups excluding carboxylic acids is 1. The number of piperidine rings is 1. The molecule has 1 aliphatic heterocycles. The number of aromatic nitrogens is 2. The molecular formula is C17H25N3O2. The van der Waals surface area contributed by atoms with Crippen LogP contribution in [-0.2, 0) is 4.79 Å². The van der Waals surface area contributed by atoms with Gasteiger partial charge in [0.1, 0.15) is 6.10 Å². The summed E-state index contributed by atoms with van der Waals surface area (Å²) in [5.41, 5.74) is 0.879. The first-order valence-electron chi connectivity index (χ1n) is 8.45. The molecule has 1 aliphatic carbocycles. The minimum absolute atomic E-state index is 0.0401. The van der Waals surface area contributed by atoms with Crippen LogP contribution in [0.4, 0.5) is 0 Å². The van der Waals surface area contributed by atoms with Gasteiger partial charge in [-0.25, -0.2) is 0 Å². The van der Waals surface area contributed by atoms with Gasteiger partial charge in [0.2, 0.25) is 11.8 Å². The van der Waals surface area contributed by atoms with Gasteiger partial charge in [-0.15, -0.1) is 5.10 Å². The summed E-state index contributed by atoms with van der Waals surface area (Å²) in [5, 5.41) is 8.06. The average Bonchev–Trinajstić information content (AvgIpc) is 3.03. The van der Waals surface area contributed by atoms with Crippen LogP contribution in [0.1, 0.15) is 50.6 Å². The maximum atomic E-state index is 12.4. The van der Waals surface area contributed by atoms with E-state index in [9.17, 15) is 4.79 Å². The van der Waals surface area contributed by atoms with Gasteiger partial charge in [0.25, 0.3) is 0 Å². The van der Waals surface area contributed by atoms with E-state index in [1.165, 1.54) is 25.7 Å². The normalized spacial score (nSPS) is 22.8. The molecule has 1 saturated carbocycles. The number of ether oxygens (including phenoxy) is 1. The summed E-state index contributed by atoms with van der Waals surface area (Å²) in [5.74, 6) is 1.47. The van der Waals surface area contributed by atoms with Crippen molar-refractivity contribution in [3.05, 3.63) is 17.8 Å². The van der Waals surface area contributed by atoms with Gasteiger partial charge in [0.15, 0.2) is 0 Å². The molecule has 1 amide bonds. The van der Waals surface area contributed by atoms with Crippen LogP contribution in [0.5, 0.6) is 5.88 Å². The van der Waals surface area contributed by atoms with Crippen LogP contribution in [0.3, 0.4) is 0 Å². The van der Waals surface area contributed by atoms with Crippen molar-refractivity contribution in [1.82, 2.24) is 15.1 Å². The molecule has 0 spiro atoms. The molecule has 1 aromatic rings. The highest BCUT2D eigenvalue weighted by Gasteiger charge is 2.27. The second kappa shape index (κ2) is 7.07. The average molecular weight is 303 g/mol. The fourth-order valence-corrected chi connectivity index (χ4v) is 3.47. The Labute approximate surface area is 132 Å². The maximum absolute atomic E-state index is 12.4. The third-order valence-electron chi connectivity index (χ3n) is 4.73. The molecule has 5 heteroatoms. The Kier molecular flexibility index (Phi) is 4.90. The summed E-state index contributed by atoms with van der Waals surface area (Å²) in [7, 11) is 0. The Hall–Kier alpha value is -1.65. The zero-order valence-electron chi connectivity index (χ0n) is 13.3. The Morgan fingerprint density at radius 3 is 2.77 bits per heavy atom. The van der Waals surface area contributed by atoms with Crippen molar-refractivity contribution >= 4 is 5.91 Å². The molecule has 1 saturated heterocycles. The Morgan fingerprint density at radius 1 is 1.23 bits per heavy atom. The molecule has 0 unspecified atom stereocenters. The predicted octanol–water partition coefficient (Wildman–Crippen LogP) is 2.74. The number of likely N-dealkylation sites (tertiary alicyclic amines) is 1. The smallest absolute Gasteiger partial charge is 0.233 e. The van der Waals surface area contributed by atoms with Gasteiger partial charge >= 0.3 is 0 Å². The topological polar surface area (TPSA) is 55.3 Å². The molecule has 0 N–H and O–H groups in total. The molecule has 1 aromatic heterocycles. The first-order valence-corrected chi connectivity index (χ1v) is 8.45. The SMILES string of the molecule is Cc1ccc(O[C@@H]2CCCN(C(=O)CC3CCCC3)C2)nn1. The third-order valence-corrected chi connectivity index (χ3v) is 4.73. The van der Waals surface area contributed by atoms with Crippen molar-refractivity contribution in [3.63, 3.8) is 0 Å². The van der Waals surface area contributed by atoms with E-state index in [-0.39, 0.29) is 6.10 Å². The standard InChI is InChI=1S/C17H25N3O2/c1-13-8-9-16(19-18-13)22-15-7-4-10-20(12-15)17(21)11-14-5-2-3-6-14/h8-9,14-15H,2-7,10-12H2,1H3/t15-/m1/s1. The summed E-state index contributed by atoms with van der Waals surface area (Å²) in [6.45, 7) is 3.45. The monoisotopic (exact) mass is 303 g/mol. The summed E-state index contributed by atoms with van der Waals surface area (Å²) >= 11 is 0. The van der Waals surface area contributed by atoms with Crippen molar-refractivity contribution in [3.8, 4) is 5.88 Å². The van der Waals surface area contributed by atoms with Gasteiger partial charge < -0.3 is 9.64 Å². The fraction of sp³-hybridized carbons (Fsp3) is 0.706. The molecule has 5 nitrogen and oxygen atoms in total. The first-order chi connectivity index (χ1) is 10.7. The Morgan fingerprint density at radius 2 is 2.05 bits per heavy atom. The summed E-state index contributed by atoms with van der Waals surface area (Å²) in [6.07, 6.45) is 7.75. The number of nitrogens with zero attached hydrogens (tertiary/aromatic N) is 3. The third kappa shape index (κ3) is 3.96. The number of rotatable bonds is 4.